The Morgan fingerprint density at radius 1 is 0.600 bits per heavy atom. The van der Waals surface area contributed by atoms with Gasteiger partial charge in [-0.3, -0.25) is 5.41 Å². The van der Waals surface area contributed by atoms with Gasteiger partial charge in [0.25, 0.3) is 0 Å². The number of hydrogen-bond donors (Lipinski definition) is 2. The van der Waals surface area contributed by atoms with E-state index in [0.717, 1.165) is 10.9 Å². The first-order valence-electron chi connectivity index (χ1n) is 11.6. The second-order valence-electron chi connectivity index (χ2n) is 8.86. The predicted octanol–water partition coefficient (Wildman–Crippen LogP) is 8.10. The molecule has 0 aliphatic carbocycles. The molecule has 3 N–H and O–H groups in total. The topological polar surface area (TPSA) is 54.8 Å². The molecule has 0 spiro atoms. The van der Waals surface area contributed by atoms with Crippen LogP contribution in [0.3, 0.4) is 0 Å². The molecular formula is C31H21N3S. The Kier molecular flexibility index (Phi) is 4.32. The highest BCUT2D eigenvalue weighted by Gasteiger charge is 2.14. The predicted molar refractivity (Wildman–Crippen MR) is 150 cm³/mol. The summed E-state index contributed by atoms with van der Waals surface area (Å²) in [5.74, 6) is 0.0997. The van der Waals surface area contributed by atoms with Crippen molar-refractivity contribution in [2.45, 2.75) is 0 Å². The van der Waals surface area contributed by atoms with Crippen LogP contribution in [0, 0.1) is 5.41 Å². The van der Waals surface area contributed by atoms with Crippen LogP contribution in [-0.2, 0) is 0 Å². The molecule has 0 atom stereocenters. The van der Waals surface area contributed by atoms with Crippen LogP contribution in [0.2, 0.25) is 0 Å². The molecule has 3 nitrogen and oxygen atoms in total. The largest absolute Gasteiger partial charge is 0.384 e. The van der Waals surface area contributed by atoms with Gasteiger partial charge in [0, 0.05) is 42.2 Å². The number of para-hydroxylation sites is 2. The fraction of sp³-hybridized carbons (Fsp3) is 0. The number of hydrogen-bond acceptors (Lipinski definition) is 2. The number of nitrogens with two attached hydrogens (primary N) is 1. The number of aromatic nitrogens is 1. The Labute approximate surface area is 206 Å². The van der Waals surface area contributed by atoms with Crippen LogP contribution in [-0.4, -0.2) is 10.4 Å². The van der Waals surface area contributed by atoms with E-state index in [1.807, 2.05) is 12.1 Å². The zero-order valence-electron chi connectivity index (χ0n) is 18.8. The van der Waals surface area contributed by atoms with Crippen molar-refractivity contribution in [2.24, 2.45) is 5.73 Å². The highest BCUT2D eigenvalue weighted by molar-refractivity contribution is 7.25. The number of nitrogens with one attached hydrogen (secondary N) is 1. The number of nitrogen functional groups attached to an aromatic ring is 1. The van der Waals surface area contributed by atoms with E-state index in [4.69, 9.17) is 11.1 Å². The summed E-state index contributed by atoms with van der Waals surface area (Å²) in [5.41, 5.74) is 12.5. The lowest BCUT2D eigenvalue weighted by Gasteiger charge is -2.08. The summed E-state index contributed by atoms with van der Waals surface area (Å²) in [6.07, 6.45) is 0. The van der Waals surface area contributed by atoms with E-state index >= 15 is 0 Å². The molecule has 0 radical (unpaired) electrons. The molecule has 2 heterocycles. The third-order valence-electron chi connectivity index (χ3n) is 6.80. The molecule has 2 aromatic heterocycles. The van der Waals surface area contributed by atoms with E-state index < -0.39 is 0 Å². The third-order valence-corrected chi connectivity index (χ3v) is 7.95. The first-order valence-corrected chi connectivity index (χ1v) is 12.4. The van der Waals surface area contributed by atoms with Crippen LogP contribution in [0.25, 0.3) is 58.8 Å². The summed E-state index contributed by atoms with van der Waals surface area (Å²) in [7, 11) is 0. The molecule has 0 aliphatic rings. The SMILES string of the molecule is N=C(N)c1ccc2sc3ccc(-c4ccc5c(c4)c4ccccc4n5-c4ccccc4)cc3c2c1. The third kappa shape index (κ3) is 3.07. The number of rotatable bonds is 3. The molecule has 166 valence electrons. The van der Waals surface area contributed by atoms with Crippen molar-refractivity contribution in [1.82, 2.24) is 4.57 Å². The van der Waals surface area contributed by atoms with E-state index in [2.05, 4.69) is 102 Å². The van der Waals surface area contributed by atoms with Crippen molar-refractivity contribution >= 4 is 59.2 Å². The molecule has 4 heteroatoms. The summed E-state index contributed by atoms with van der Waals surface area (Å²) >= 11 is 1.78. The maximum atomic E-state index is 7.83. The summed E-state index contributed by atoms with van der Waals surface area (Å²) in [5, 5.41) is 12.7. The molecular weight excluding hydrogens is 446 g/mol. The fourth-order valence-corrected chi connectivity index (χ4v) is 6.20. The van der Waals surface area contributed by atoms with Crippen LogP contribution in [0.1, 0.15) is 5.56 Å². The second kappa shape index (κ2) is 7.55. The highest BCUT2D eigenvalue weighted by Crippen LogP contribution is 2.39. The molecule has 0 saturated carbocycles. The van der Waals surface area contributed by atoms with E-state index in [9.17, 15) is 0 Å². The van der Waals surface area contributed by atoms with Gasteiger partial charge in [-0.05, 0) is 71.8 Å². The monoisotopic (exact) mass is 467 g/mol. The zero-order chi connectivity index (χ0) is 23.5. The molecule has 0 bridgehead atoms. The second-order valence-corrected chi connectivity index (χ2v) is 9.94. The number of amidine groups is 1. The van der Waals surface area contributed by atoms with Crippen LogP contribution < -0.4 is 5.73 Å². The lowest BCUT2D eigenvalue weighted by Crippen LogP contribution is -2.10. The summed E-state index contributed by atoms with van der Waals surface area (Å²) in [4.78, 5) is 0. The van der Waals surface area contributed by atoms with E-state index in [-0.39, 0.29) is 5.84 Å². The van der Waals surface area contributed by atoms with Gasteiger partial charge in [0.15, 0.2) is 0 Å². The molecule has 0 amide bonds. The number of thiophene rings is 1. The molecule has 0 saturated heterocycles. The summed E-state index contributed by atoms with van der Waals surface area (Å²) < 4.78 is 4.79. The molecule has 0 unspecified atom stereocenters. The Hall–Kier alpha value is -4.41. The van der Waals surface area contributed by atoms with Crippen molar-refractivity contribution in [2.75, 3.05) is 0 Å². The minimum atomic E-state index is 0.0997. The molecule has 0 aliphatic heterocycles. The van der Waals surface area contributed by atoms with Gasteiger partial charge < -0.3 is 10.3 Å². The average Bonchev–Trinajstić information content (AvgIpc) is 3.43. The normalized spacial score (nSPS) is 11.7. The van der Waals surface area contributed by atoms with Crippen molar-refractivity contribution in [3.8, 4) is 16.8 Å². The van der Waals surface area contributed by atoms with Crippen molar-refractivity contribution in [1.29, 1.82) is 5.41 Å². The van der Waals surface area contributed by atoms with Gasteiger partial charge in [-0.1, -0.05) is 48.5 Å². The van der Waals surface area contributed by atoms with Gasteiger partial charge in [0.2, 0.25) is 0 Å². The number of fused-ring (bicyclic) bond motifs is 6. The molecule has 7 rings (SSSR count). The Balaban J connectivity index is 1.46. The molecule has 35 heavy (non-hydrogen) atoms. The first-order chi connectivity index (χ1) is 17.2. The minimum Gasteiger partial charge on any atom is -0.384 e. The smallest absolute Gasteiger partial charge is 0.122 e. The van der Waals surface area contributed by atoms with Gasteiger partial charge in [-0.25, -0.2) is 0 Å². The minimum absolute atomic E-state index is 0.0997. The maximum absolute atomic E-state index is 7.83. The lowest BCUT2D eigenvalue weighted by atomic mass is 10.00. The van der Waals surface area contributed by atoms with Crippen LogP contribution >= 0.6 is 11.3 Å². The van der Waals surface area contributed by atoms with Gasteiger partial charge in [0.1, 0.15) is 5.84 Å². The fourth-order valence-electron chi connectivity index (χ4n) is 5.13. The first kappa shape index (κ1) is 20.0. The average molecular weight is 468 g/mol. The summed E-state index contributed by atoms with van der Waals surface area (Å²) in [6.45, 7) is 0. The lowest BCUT2D eigenvalue weighted by molar-refractivity contribution is 1.18. The Bertz CT molecular complexity index is 1930. The molecule has 7 aromatic rings. The zero-order valence-corrected chi connectivity index (χ0v) is 19.6. The van der Waals surface area contributed by atoms with Crippen molar-refractivity contribution in [3.05, 3.63) is 115 Å². The van der Waals surface area contributed by atoms with E-state index in [1.165, 1.54) is 53.4 Å². The van der Waals surface area contributed by atoms with Gasteiger partial charge >= 0.3 is 0 Å². The van der Waals surface area contributed by atoms with Gasteiger partial charge in [-0.2, -0.15) is 0 Å². The van der Waals surface area contributed by atoms with Gasteiger partial charge in [-0.15, -0.1) is 11.3 Å². The number of benzene rings is 5. The maximum Gasteiger partial charge on any atom is 0.122 e. The number of nitrogens with zero attached hydrogens (tertiary/aromatic N) is 1. The molecule has 5 aromatic carbocycles. The Morgan fingerprint density at radius 3 is 2.03 bits per heavy atom. The van der Waals surface area contributed by atoms with Crippen molar-refractivity contribution < 1.29 is 0 Å². The van der Waals surface area contributed by atoms with Crippen LogP contribution in [0.4, 0.5) is 0 Å². The Morgan fingerprint density at radius 2 is 1.23 bits per heavy atom. The molecule has 0 fully saturated rings. The van der Waals surface area contributed by atoms with Crippen molar-refractivity contribution in [3.63, 3.8) is 0 Å². The standard InChI is InChI=1S/C31H21N3S/c32-31(33)21-12-15-30-26(18-21)25-17-20(11-14-29(25)35-30)19-10-13-28-24(16-19)23-8-4-5-9-27(23)34(28)22-6-2-1-3-7-22/h1-18H,(H3,32,33). The van der Waals surface area contributed by atoms with E-state index in [0.29, 0.717) is 0 Å². The quantitative estimate of drug-likeness (QED) is 0.200. The van der Waals surface area contributed by atoms with Crippen LogP contribution in [0.5, 0.6) is 0 Å². The highest BCUT2D eigenvalue weighted by atomic mass is 32.1. The van der Waals surface area contributed by atoms with Gasteiger partial charge in [0.05, 0.1) is 11.0 Å². The van der Waals surface area contributed by atoms with Crippen LogP contribution in [0.15, 0.2) is 109 Å². The van der Waals surface area contributed by atoms with E-state index in [1.54, 1.807) is 11.3 Å². The summed E-state index contributed by atoms with van der Waals surface area (Å²) in [6, 6.07) is 38.7.